The highest BCUT2D eigenvalue weighted by Gasteiger charge is 2.51. The topological polar surface area (TPSA) is 33.2 Å². The molecule has 2 fully saturated rings. The molecule has 1 aromatic rings. The van der Waals surface area contributed by atoms with Crippen LogP contribution in [0.1, 0.15) is 18.5 Å². The van der Waals surface area contributed by atoms with E-state index in [1.807, 2.05) is 23.2 Å². The van der Waals surface area contributed by atoms with E-state index in [-0.39, 0.29) is 0 Å². The quantitative estimate of drug-likeness (QED) is 0.717. The summed E-state index contributed by atoms with van der Waals surface area (Å²) in [4.78, 5) is 16.7. The molecule has 0 bridgehead atoms. The Labute approximate surface area is 95.5 Å². The van der Waals surface area contributed by atoms with Gasteiger partial charge in [0.15, 0.2) is 0 Å². The molecule has 1 spiro atoms. The molecule has 1 saturated heterocycles. The van der Waals surface area contributed by atoms with E-state index in [9.17, 15) is 4.79 Å². The summed E-state index contributed by atoms with van der Waals surface area (Å²) in [7, 11) is 0. The highest BCUT2D eigenvalue weighted by atomic mass is 16.1. The van der Waals surface area contributed by atoms with Gasteiger partial charge < -0.3 is 4.90 Å². The molecule has 2 aliphatic rings. The molecule has 0 N–H and O–H groups in total. The van der Waals surface area contributed by atoms with Crippen LogP contribution >= 0.6 is 0 Å². The lowest BCUT2D eigenvalue weighted by Crippen LogP contribution is -2.61. The molecule has 1 aliphatic heterocycles. The van der Waals surface area contributed by atoms with E-state index in [1.54, 1.807) is 0 Å². The molecule has 0 atom stereocenters. The van der Waals surface area contributed by atoms with Crippen LogP contribution in [0, 0.1) is 11.3 Å². The second-order valence-corrected chi connectivity index (χ2v) is 5.31. The molecule has 1 aliphatic carbocycles. The van der Waals surface area contributed by atoms with Crippen LogP contribution in [-0.4, -0.2) is 29.4 Å². The van der Waals surface area contributed by atoms with Gasteiger partial charge in [-0.15, -0.1) is 0 Å². The van der Waals surface area contributed by atoms with E-state index >= 15 is 0 Å². The minimum absolute atomic E-state index is 0.486. The van der Waals surface area contributed by atoms with Gasteiger partial charge in [-0.3, -0.25) is 9.78 Å². The lowest BCUT2D eigenvalue weighted by Gasteiger charge is -2.58. The molecule has 3 heteroatoms. The summed E-state index contributed by atoms with van der Waals surface area (Å²) < 4.78 is 0. The maximum Gasteiger partial charge on any atom is 0.209 e. The van der Waals surface area contributed by atoms with Crippen molar-refractivity contribution in [3.63, 3.8) is 0 Å². The predicted octanol–water partition coefficient (Wildman–Crippen LogP) is 1.49. The van der Waals surface area contributed by atoms with Gasteiger partial charge in [0, 0.05) is 30.4 Å². The van der Waals surface area contributed by atoms with Crippen LogP contribution in [0.25, 0.3) is 0 Å². The Kier molecular flexibility index (Phi) is 2.20. The first-order valence-corrected chi connectivity index (χ1v) is 5.89. The fourth-order valence-corrected chi connectivity index (χ4v) is 3.27. The average molecular weight is 216 g/mol. The third-order valence-electron chi connectivity index (χ3n) is 3.89. The first-order valence-electron chi connectivity index (χ1n) is 5.89. The number of pyridine rings is 1. The molecule has 3 nitrogen and oxygen atoms in total. The molecule has 16 heavy (non-hydrogen) atoms. The number of amides is 1. The van der Waals surface area contributed by atoms with Crippen molar-refractivity contribution in [3.05, 3.63) is 30.1 Å². The van der Waals surface area contributed by atoms with Crippen molar-refractivity contribution in [2.45, 2.75) is 19.3 Å². The van der Waals surface area contributed by atoms with Gasteiger partial charge in [0.05, 0.1) is 0 Å². The molecular weight excluding hydrogens is 200 g/mol. The summed E-state index contributed by atoms with van der Waals surface area (Å²) in [5.74, 6) is 0.781. The summed E-state index contributed by atoms with van der Waals surface area (Å²) in [6.45, 7) is 1.96. The Bertz CT molecular complexity index is 376. The maximum atomic E-state index is 10.5. The minimum atomic E-state index is 0.486. The number of rotatable bonds is 3. The van der Waals surface area contributed by atoms with E-state index in [0.717, 1.165) is 31.8 Å². The van der Waals surface area contributed by atoms with Crippen molar-refractivity contribution in [2.24, 2.45) is 11.3 Å². The van der Waals surface area contributed by atoms with Crippen LogP contribution in [0.15, 0.2) is 24.4 Å². The van der Waals surface area contributed by atoms with Gasteiger partial charge in [-0.1, -0.05) is 6.07 Å². The van der Waals surface area contributed by atoms with Crippen molar-refractivity contribution in [3.8, 4) is 0 Å². The normalized spacial score (nSPS) is 22.6. The number of likely N-dealkylation sites (tertiary alicyclic amines) is 1. The first-order chi connectivity index (χ1) is 7.80. The van der Waals surface area contributed by atoms with E-state index in [0.29, 0.717) is 5.41 Å². The summed E-state index contributed by atoms with van der Waals surface area (Å²) in [5, 5.41) is 0. The molecular formula is C13H16N2O. The minimum Gasteiger partial charge on any atom is -0.344 e. The van der Waals surface area contributed by atoms with Crippen molar-refractivity contribution >= 4 is 6.41 Å². The van der Waals surface area contributed by atoms with E-state index in [4.69, 9.17) is 0 Å². The SMILES string of the molecule is O=CN1CC2(CC(Cc3ccccn3)C2)C1. The number of hydrogen-bond acceptors (Lipinski definition) is 2. The largest absolute Gasteiger partial charge is 0.344 e. The Hall–Kier alpha value is -1.38. The third kappa shape index (κ3) is 1.60. The Balaban J connectivity index is 1.50. The fraction of sp³-hybridized carbons (Fsp3) is 0.538. The molecule has 1 aromatic heterocycles. The summed E-state index contributed by atoms with van der Waals surface area (Å²) in [6, 6.07) is 6.11. The molecule has 3 rings (SSSR count). The molecule has 1 saturated carbocycles. The van der Waals surface area contributed by atoms with Gasteiger partial charge in [0.1, 0.15) is 0 Å². The van der Waals surface area contributed by atoms with Crippen molar-refractivity contribution in [2.75, 3.05) is 13.1 Å². The Morgan fingerprint density at radius 2 is 2.25 bits per heavy atom. The number of hydrogen-bond donors (Lipinski definition) is 0. The smallest absolute Gasteiger partial charge is 0.209 e. The van der Waals surface area contributed by atoms with Crippen molar-refractivity contribution in [1.29, 1.82) is 0 Å². The summed E-state index contributed by atoms with van der Waals surface area (Å²) >= 11 is 0. The number of aromatic nitrogens is 1. The van der Waals surface area contributed by atoms with Gasteiger partial charge in [0.2, 0.25) is 6.41 Å². The monoisotopic (exact) mass is 216 g/mol. The molecule has 0 unspecified atom stereocenters. The Morgan fingerprint density at radius 1 is 1.44 bits per heavy atom. The van der Waals surface area contributed by atoms with Crippen LogP contribution in [0.2, 0.25) is 0 Å². The number of carbonyl (C=O) groups is 1. The van der Waals surface area contributed by atoms with Gasteiger partial charge >= 0.3 is 0 Å². The third-order valence-corrected chi connectivity index (χ3v) is 3.89. The molecule has 1 amide bonds. The Morgan fingerprint density at radius 3 is 2.88 bits per heavy atom. The van der Waals surface area contributed by atoms with Gasteiger partial charge in [-0.25, -0.2) is 0 Å². The number of nitrogens with zero attached hydrogens (tertiary/aromatic N) is 2. The van der Waals surface area contributed by atoms with Crippen LogP contribution < -0.4 is 0 Å². The lowest BCUT2D eigenvalue weighted by atomic mass is 9.57. The average Bonchev–Trinajstić information content (AvgIpc) is 2.21. The molecule has 84 valence electrons. The maximum absolute atomic E-state index is 10.5. The standard InChI is InChI=1S/C13H16N2O/c16-10-15-8-13(9-15)6-11(7-13)5-12-3-1-2-4-14-12/h1-4,10-11H,5-9H2. The first kappa shape index (κ1) is 9.82. The zero-order valence-corrected chi connectivity index (χ0v) is 9.30. The highest BCUT2D eigenvalue weighted by Crippen LogP contribution is 2.52. The van der Waals surface area contributed by atoms with Crippen LogP contribution in [-0.2, 0) is 11.2 Å². The fourth-order valence-electron chi connectivity index (χ4n) is 3.27. The molecule has 2 heterocycles. The zero-order valence-electron chi connectivity index (χ0n) is 9.30. The van der Waals surface area contributed by atoms with Crippen LogP contribution in [0.4, 0.5) is 0 Å². The van der Waals surface area contributed by atoms with Gasteiger partial charge in [-0.2, -0.15) is 0 Å². The van der Waals surface area contributed by atoms with Crippen molar-refractivity contribution in [1.82, 2.24) is 9.88 Å². The van der Waals surface area contributed by atoms with Crippen LogP contribution in [0.5, 0.6) is 0 Å². The highest BCUT2D eigenvalue weighted by molar-refractivity contribution is 5.49. The van der Waals surface area contributed by atoms with Crippen LogP contribution in [0.3, 0.4) is 0 Å². The second kappa shape index (κ2) is 3.58. The van der Waals surface area contributed by atoms with Gasteiger partial charge in [0.25, 0.3) is 0 Å². The number of carbonyl (C=O) groups excluding carboxylic acids is 1. The van der Waals surface area contributed by atoms with Crippen molar-refractivity contribution < 1.29 is 4.79 Å². The zero-order chi connectivity index (χ0) is 11.0. The second-order valence-electron chi connectivity index (χ2n) is 5.31. The molecule has 0 aromatic carbocycles. The summed E-state index contributed by atoms with van der Waals surface area (Å²) in [6.07, 6.45) is 6.48. The summed E-state index contributed by atoms with van der Waals surface area (Å²) in [5.41, 5.74) is 1.69. The predicted molar refractivity (Wildman–Crippen MR) is 60.7 cm³/mol. The molecule has 0 radical (unpaired) electrons. The van der Waals surface area contributed by atoms with E-state index in [1.165, 1.54) is 18.5 Å². The van der Waals surface area contributed by atoms with E-state index < -0.39 is 0 Å². The van der Waals surface area contributed by atoms with E-state index in [2.05, 4.69) is 11.1 Å². The lowest BCUT2D eigenvalue weighted by molar-refractivity contribution is -0.141. The van der Waals surface area contributed by atoms with Gasteiger partial charge in [-0.05, 0) is 37.3 Å².